The second-order valence-electron chi connectivity index (χ2n) is 5.03. The molecule has 0 aromatic heterocycles. The summed E-state index contributed by atoms with van der Waals surface area (Å²) in [7, 11) is 1.43. The van der Waals surface area contributed by atoms with Crippen LogP contribution in [0.3, 0.4) is 0 Å². The van der Waals surface area contributed by atoms with Crippen LogP contribution < -0.4 is 10.1 Å². The highest BCUT2D eigenvalue weighted by Crippen LogP contribution is 2.16. The van der Waals surface area contributed by atoms with E-state index in [0.717, 1.165) is 25.1 Å². The maximum Gasteiger partial charge on any atom is 0.401 e. The van der Waals surface area contributed by atoms with Crippen molar-refractivity contribution in [3.8, 4) is 5.75 Å². The van der Waals surface area contributed by atoms with Crippen molar-refractivity contribution in [3.05, 3.63) is 29.8 Å². The van der Waals surface area contributed by atoms with Crippen molar-refractivity contribution < 1.29 is 17.9 Å². The van der Waals surface area contributed by atoms with Crippen LogP contribution in [-0.2, 0) is 6.54 Å². The van der Waals surface area contributed by atoms with Crippen LogP contribution in [0, 0.1) is 0 Å². The zero-order chi connectivity index (χ0) is 15.7. The molecule has 0 fully saturated rings. The number of benzene rings is 1. The van der Waals surface area contributed by atoms with Gasteiger partial charge in [-0.1, -0.05) is 19.1 Å². The normalized spacial score (nSPS) is 11.9. The Labute approximate surface area is 124 Å². The van der Waals surface area contributed by atoms with E-state index in [4.69, 9.17) is 4.74 Å². The van der Waals surface area contributed by atoms with E-state index in [1.807, 2.05) is 24.3 Å². The number of halogens is 3. The molecule has 1 N–H and O–H groups in total. The lowest BCUT2D eigenvalue weighted by Gasteiger charge is -2.18. The first-order valence-electron chi connectivity index (χ1n) is 7.08. The Morgan fingerprint density at radius 3 is 2.71 bits per heavy atom. The van der Waals surface area contributed by atoms with Crippen molar-refractivity contribution in [1.29, 1.82) is 0 Å². The molecule has 0 saturated carbocycles. The second-order valence-corrected chi connectivity index (χ2v) is 5.03. The fraction of sp³-hybridized carbons (Fsp3) is 0.600. The molecule has 0 bridgehead atoms. The lowest BCUT2D eigenvalue weighted by atomic mass is 10.2. The maximum absolute atomic E-state index is 12.2. The van der Waals surface area contributed by atoms with E-state index in [0.29, 0.717) is 5.75 Å². The zero-order valence-corrected chi connectivity index (χ0v) is 12.5. The molecular formula is C15H23F3N2O. The van der Waals surface area contributed by atoms with E-state index in [1.54, 1.807) is 0 Å². The number of rotatable bonds is 9. The Kier molecular flexibility index (Phi) is 7.53. The third-order valence-electron chi connectivity index (χ3n) is 2.85. The molecule has 0 unspecified atom stereocenters. The van der Waals surface area contributed by atoms with Crippen LogP contribution >= 0.6 is 0 Å². The molecule has 1 aromatic rings. The molecule has 0 radical (unpaired) electrons. The van der Waals surface area contributed by atoms with E-state index in [1.165, 1.54) is 11.9 Å². The fourth-order valence-corrected chi connectivity index (χ4v) is 1.86. The molecule has 0 saturated heterocycles. The number of alkyl halides is 3. The summed E-state index contributed by atoms with van der Waals surface area (Å²) < 4.78 is 42.0. The molecule has 1 rings (SSSR count). The van der Waals surface area contributed by atoms with Crippen LogP contribution in [0.5, 0.6) is 5.75 Å². The Balaban J connectivity index is 2.33. The minimum absolute atomic E-state index is 0.234. The van der Waals surface area contributed by atoms with Gasteiger partial charge < -0.3 is 10.1 Å². The van der Waals surface area contributed by atoms with Crippen LogP contribution in [0.25, 0.3) is 0 Å². The van der Waals surface area contributed by atoms with Crippen molar-refractivity contribution in [2.24, 2.45) is 0 Å². The number of likely N-dealkylation sites (N-methyl/N-ethyl adjacent to an activating group) is 1. The van der Waals surface area contributed by atoms with E-state index < -0.39 is 12.7 Å². The third-order valence-corrected chi connectivity index (χ3v) is 2.85. The van der Waals surface area contributed by atoms with E-state index in [-0.39, 0.29) is 13.2 Å². The number of hydrogen-bond donors (Lipinski definition) is 1. The molecule has 0 aliphatic rings. The van der Waals surface area contributed by atoms with Crippen LogP contribution in [0.1, 0.15) is 18.9 Å². The lowest BCUT2D eigenvalue weighted by molar-refractivity contribution is -0.143. The van der Waals surface area contributed by atoms with Gasteiger partial charge in [-0.05, 0) is 37.7 Å². The molecule has 0 amide bonds. The minimum atomic E-state index is -4.17. The van der Waals surface area contributed by atoms with Gasteiger partial charge in [0.1, 0.15) is 12.4 Å². The van der Waals surface area contributed by atoms with Gasteiger partial charge in [-0.25, -0.2) is 0 Å². The zero-order valence-electron chi connectivity index (χ0n) is 12.5. The average molecular weight is 304 g/mol. The maximum atomic E-state index is 12.2. The van der Waals surface area contributed by atoms with Crippen molar-refractivity contribution in [2.75, 3.05) is 33.3 Å². The molecule has 0 atom stereocenters. The highest BCUT2D eigenvalue weighted by molar-refractivity contribution is 5.28. The quantitative estimate of drug-likeness (QED) is 0.710. The summed E-state index contributed by atoms with van der Waals surface area (Å²) >= 11 is 0. The predicted molar refractivity (Wildman–Crippen MR) is 77.5 cm³/mol. The fourth-order valence-electron chi connectivity index (χ4n) is 1.86. The highest BCUT2D eigenvalue weighted by atomic mass is 19.4. The molecule has 0 aliphatic carbocycles. The molecule has 6 heteroatoms. The summed E-state index contributed by atoms with van der Waals surface area (Å²) in [6.45, 7) is 3.36. The third kappa shape index (κ3) is 8.57. The molecule has 21 heavy (non-hydrogen) atoms. The van der Waals surface area contributed by atoms with E-state index in [2.05, 4.69) is 12.2 Å². The van der Waals surface area contributed by atoms with Crippen molar-refractivity contribution in [2.45, 2.75) is 26.1 Å². The average Bonchev–Trinajstić information content (AvgIpc) is 2.37. The summed E-state index contributed by atoms with van der Waals surface area (Å²) in [4.78, 5) is 1.20. The Bertz CT molecular complexity index is 410. The molecule has 120 valence electrons. The van der Waals surface area contributed by atoms with Gasteiger partial charge in [-0.15, -0.1) is 0 Å². The summed E-state index contributed by atoms with van der Waals surface area (Å²) in [5.74, 6) is 0.686. The first kappa shape index (κ1) is 17.8. The number of nitrogens with one attached hydrogen (secondary N) is 1. The number of hydrogen-bond acceptors (Lipinski definition) is 3. The first-order chi connectivity index (χ1) is 9.90. The van der Waals surface area contributed by atoms with Crippen LogP contribution in [0.15, 0.2) is 24.3 Å². The SMILES string of the molecule is CCCNCc1cccc(OCCN(C)CC(F)(F)F)c1. The number of nitrogens with zero attached hydrogens (tertiary/aromatic N) is 1. The van der Waals surface area contributed by atoms with Gasteiger partial charge in [0.2, 0.25) is 0 Å². The summed E-state index contributed by atoms with van der Waals surface area (Å²) in [5.41, 5.74) is 1.10. The van der Waals surface area contributed by atoms with Crippen molar-refractivity contribution in [1.82, 2.24) is 10.2 Å². The van der Waals surface area contributed by atoms with Gasteiger partial charge in [-0.3, -0.25) is 4.90 Å². The molecular weight excluding hydrogens is 281 g/mol. The summed E-state index contributed by atoms with van der Waals surface area (Å²) in [6.07, 6.45) is -3.10. The topological polar surface area (TPSA) is 24.5 Å². The van der Waals surface area contributed by atoms with Crippen LogP contribution in [-0.4, -0.2) is 44.4 Å². The second kappa shape index (κ2) is 8.89. The number of ether oxygens (including phenoxy) is 1. The molecule has 0 spiro atoms. The van der Waals surface area contributed by atoms with Crippen molar-refractivity contribution in [3.63, 3.8) is 0 Å². The van der Waals surface area contributed by atoms with Gasteiger partial charge in [0.25, 0.3) is 0 Å². The van der Waals surface area contributed by atoms with Crippen LogP contribution in [0.4, 0.5) is 13.2 Å². The minimum Gasteiger partial charge on any atom is -0.492 e. The van der Waals surface area contributed by atoms with Gasteiger partial charge in [0.15, 0.2) is 0 Å². The standard InChI is InChI=1S/C15H23F3N2O/c1-3-7-19-11-13-5-4-6-14(10-13)21-9-8-20(2)12-15(16,17)18/h4-6,10,19H,3,7-9,11-12H2,1-2H3. The first-order valence-corrected chi connectivity index (χ1v) is 7.08. The summed E-state index contributed by atoms with van der Waals surface area (Å²) in [5, 5.41) is 3.29. The highest BCUT2D eigenvalue weighted by Gasteiger charge is 2.28. The molecule has 1 aromatic carbocycles. The Morgan fingerprint density at radius 2 is 2.05 bits per heavy atom. The van der Waals surface area contributed by atoms with Gasteiger partial charge >= 0.3 is 6.18 Å². The summed E-state index contributed by atoms with van der Waals surface area (Å²) in [6, 6.07) is 7.60. The Hall–Kier alpha value is -1.27. The molecule has 0 aliphatic heterocycles. The van der Waals surface area contributed by atoms with Crippen molar-refractivity contribution >= 4 is 0 Å². The van der Waals surface area contributed by atoms with E-state index in [9.17, 15) is 13.2 Å². The van der Waals surface area contributed by atoms with Gasteiger partial charge in [0, 0.05) is 13.1 Å². The van der Waals surface area contributed by atoms with Gasteiger partial charge in [0.05, 0.1) is 6.54 Å². The monoisotopic (exact) mass is 304 g/mol. The molecule has 0 heterocycles. The largest absolute Gasteiger partial charge is 0.492 e. The van der Waals surface area contributed by atoms with Crippen LogP contribution in [0.2, 0.25) is 0 Å². The van der Waals surface area contributed by atoms with E-state index >= 15 is 0 Å². The Morgan fingerprint density at radius 1 is 1.29 bits per heavy atom. The molecule has 3 nitrogen and oxygen atoms in total. The smallest absolute Gasteiger partial charge is 0.401 e. The lowest BCUT2D eigenvalue weighted by Crippen LogP contribution is -2.33. The van der Waals surface area contributed by atoms with Gasteiger partial charge in [-0.2, -0.15) is 13.2 Å². The predicted octanol–water partition coefficient (Wildman–Crippen LogP) is 3.06.